The van der Waals surface area contributed by atoms with E-state index in [0.29, 0.717) is 16.0 Å². The van der Waals surface area contributed by atoms with Crippen molar-refractivity contribution in [3.05, 3.63) is 33.9 Å². The zero-order valence-electron chi connectivity index (χ0n) is 12.2. The molecule has 0 bridgehead atoms. The number of aryl methyl sites for hydroxylation is 2. The van der Waals surface area contributed by atoms with E-state index in [4.69, 9.17) is 0 Å². The van der Waals surface area contributed by atoms with E-state index >= 15 is 0 Å². The largest absolute Gasteiger partial charge is 0.435 e. The summed E-state index contributed by atoms with van der Waals surface area (Å²) in [6.07, 6.45) is -1.74. The summed E-state index contributed by atoms with van der Waals surface area (Å²) in [5.41, 5.74) is -0.593. The molecule has 8 heteroatoms. The molecule has 0 N–H and O–H groups in total. The maximum atomic E-state index is 12.6. The predicted molar refractivity (Wildman–Crippen MR) is 77.3 cm³/mol. The van der Waals surface area contributed by atoms with Crippen molar-refractivity contribution in [2.75, 3.05) is 0 Å². The highest BCUT2D eigenvalue weighted by molar-refractivity contribution is 9.10. The number of aromatic nitrogens is 4. The normalized spacial score (nSPS) is 11.0. The lowest BCUT2D eigenvalue weighted by atomic mass is 10.3. The maximum Gasteiger partial charge on any atom is 0.435 e. The minimum absolute atomic E-state index is 0.288. The van der Waals surface area contributed by atoms with Crippen LogP contribution in [0.2, 0.25) is 0 Å². The Morgan fingerprint density at radius 3 is 2.29 bits per heavy atom. The SMILES string of the molecule is CCC.Cc1ncc(Br)c(-n2nc(C(F)(F)F)cc2C)n1. The van der Waals surface area contributed by atoms with E-state index in [1.54, 1.807) is 6.92 Å². The molecule has 0 aromatic carbocycles. The lowest BCUT2D eigenvalue weighted by Gasteiger charge is -2.06. The van der Waals surface area contributed by atoms with Crippen molar-refractivity contribution in [1.82, 2.24) is 19.7 Å². The van der Waals surface area contributed by atoms with Gasteiger partial charge in [0.25, 0.3) is 0 Å². The highest BCUT2D eigenvalue weighted by Gasteiger charge is 2.34. The Balaban J connectivity index is 0.000000677. The van der Waals surface area contributed by atoms with Crippen LogP contribution in [0, 0.1) is 13.8 Å². The molecule has 0 saturated carbocycles. The predicted octanol–water partition coefficient (Wildman–Crippen LogP) is 4.48. The molecule has 0 amide bonds. The summed E-state index contributed by atoms with van der Waals surface area (Å²) in [7, 11) is 0. The van der Waals surface area contributed by atoms with Crippen LogP contribution >= 0.6 is 15.9 Å². The zero-order chi connectivity index (χ0) is 16.2. The van der Waals surface area contributed by atoms with Gasteiger partial charge in [-0.15, -0.1) is 0 Å². The van der Waals surface area contributed by atoms with Gasteiger partial charge in [0.05, 0.1) is 4.47 Å². The van der Waals surface area contributed by atoms with Gasteiger partial charge < -0.3 is 0 Å². The Kier molecular flexibility index (Phi) is 5.88. The molecular weight excluding hydrogens is 349 g/mol. The zero-order valence-corrected chi connectivity index (χ0v) is 13.7. The van der Waals surface area contributed by atoms with E-state index in [1.165, 1.54) is 19.5 Å². The van der Waals surface area contributed by atoms with Gasteiger partial charge in [-0.25, -0.2) is 14.6 Å². The molecule has 21 heavy (non-hydrogen) atoms. The topological polar surface area (TPSA) is 43.6 Å². The van der Waals surface area contributed by atoms with Crippen molar-refractivity contribution >= 4 is 15.9 Å². The second-order valence-corrected chi connectivity index (χ2v) is 5.23. The first-order chi connectivity index (χ1) is 9.70. The summed E-state index contributed by atoms with van der Waals surface area (Å²) < 4.78 is 39.3. The molecule has 0 saturated heterocycles. The third-order valence-corrected chi connectivity index (χ3v) is 2.78. The van der Waals surface area contributed by atoms with E-state index in [-0.39, 0.29) is 5.82 Å². The van der Waals surface area contributed by atoms with Crippen LogP contribution in [-0.2, 0) is 6.18 Å². The van der Waals surface area contributed by atoms with Crippen molar-refractivity contribution in [3.8, 4) is 5.82 Å². The second kappa shape index (κ2) is 7.02. The number of nitrogens with zero attached hydrogens (tertiary/aromatic N) is 4. The highest BCUT2D eigenvalue weighted by atomic mass is 79.9. The molecule has 2 rings (SSSR count). The average Bonchev–Trinajstić information content (AvgIpc) is 2.75. The Labute approximate surface area is 129 Å². The van der Waals surface area contributed by atoms with Crippen LogP contribution < -0.4 is 0 Å². The monoisotopic (exact) mass is 364 g/mol. The fourth-order valence-corrected chi connectivity index (χ4v) is 1.78. The Hall–Kier alpha value is -1.44. The molecule has 0 atom stereocenters. The molecule has 0 aliphatic heterocycles. The van der Waals surface area contributed by atoms with Crippen LogP contribution in [0.25, 0.3) is 5.82 Å². The molecule has 0 radical (unpaired) electrons. The van der Waals surface area contributed by atoms with Crippen molar-refractivity contribution < 1.29 is 13.2 Å². The lowest BCUT2D eigenvalue weighted by molar-refractivity contribution is -0.141. The number of hydrogen-bond donors (Lipinski definition) is 0. The summed E-state index contributed by atoms with van der Waals surface area (Å²) in [6.45, 7) is 7.44. The van der Waals surface area contributed by atoms with E-state index < -0.39 is 11.9 Å². The second-order valence-electron chi connectivity index (χ2n) is 4.38. The van der Waals surface area contributed by atoms with Gasteiger partial charge in [0.1, 0.15) is 5.82 Å². The van der Waals surface area contributed by atoms with Gasteiger partial charge in [0.15, 0.2) is 11.5 Å². The van der Waals surface area contributed by atoms with Gasteiger partial charge in [0, 0.05) is 11.9 Å². The molecule has 4 nitrogen and oxygen atoms in total. The summed E-state index contributed by atoms with van der Waals surface area (Å²) in [6, 6.07) is 0.976. The molecule has 0 unspecified atom stereocenters. The van der Waals surface area contributed by atoms with Gasteiger partial charge in [-0.3, -0.25) is 0 Å². The molecule has 2 aromatic rings. The fourth-order valence-electron chi connectivity index (χ4n) is 1.42. The van der Waals surface area contributed by atoms with Gasteiger partial charge in [0.2, 0.25) is 0 Å². The molecule has 0 aliphatic carbocycles. The number of halogens is 4. The summed E-state index contributed by atoms with van der Waals surface area (Å²) in [4.78, 5) is 8.00. The van der Waals surface area contributed by atoms with Crippen molar-refractivity contribution in [1.29, 1.82) is 0 Å². The van der Waals surface area contributed by atoms with Crippen LogP contribution in [0.3, 0.4) is 0 Å². The van der Waals surface area contributed by atoms with Crippen molar-refractivity contribution in [3.63, 3.8) is 0 Å². The number of alkyl halides is 3. The summed E-state index contributed by atoms with van der Waals surface area (Å²) >= 11 is 3.19. The number of rotatable bonds is 1. The quantitative estimate of drug-likeness (QED) is 0.749. The van der Waals surface area contributed by atoms with Crippen LogP contribution in [-0.4, -0.2) is 19.7 Å². The van der Waals surface area contributed by atoms with Crippen molar-refractivity contribution in [2.24, 2.45) is 0 Å². The minimum atomic E-state index is -4.47. The third kappa shape index (κ3) is 4.52. The van der Waals surface area contributed by atoms with Crippen LogP contribution in [0.5, 0.6) is 0 Å². The Bertz CT molecular complexity index is 608. The van der Waals surface area contributed by atoms with E-state index in [1.807, 2.05) is 0 Å². The van der Waals surface area contributed by atoms with Crippen LogP contribution in [0.4, 0.5) is 13.2 Å². The summed E-state index contributed by atoms with van der Waals surface area (Å²) in [5, 5.41) is 3.52. The minimum Gasteiger partial charge on any atom is -0.240 e. The first kappa shape index (κ1) is 17.6. The van der Waals surface area contributed by atoms with Crippen LogP contribution in [0.15, 0.2) is 16.7 Å². The average molecular weight is 365 g/mol. The van der Waals surface area contributed by atoms with Gasteiger partial charge in [-0.05, 0) is 35.8 Å². The van der Waals surface area contributed by atoms with E-state index in [9.17, 15) is 13.2 Å². The molecule has 0 aliphatic rings. The van der Waals surface area contributed by atoms with Gasteiger partial charge in [-0.2, -0.15) is 18.3 Å². The molecule has 2 aromatic heterocycles. The first-order valence-corrected chi connectivity index (χ1v) is 7.13. The molecular formula is C13H16BrF3N4. The van der Waals surface area contributed by atoms with Gasteiger partial charge >= 0.3 is 6.18 Å². The Morgan fingerprint density at radius 1 is 1.24 bits per heavy atom. The molecule has 0 spiro atoms. The standard InChI is InChI=1S/C10H8BrF3N4.C3H8/c1-5-3-8(10(12,13)14)17-18(5)9-7(11)4-15-6(2)16-9;1-3-2/h3-4H,1-2H3;3H2,1-2H3. The molecule has 2 heterocycles. The fraction of sp³-hybridized carbons (Fsp3) is 0.462. The lowest BCUT2D eigenvalue weighted by Crippen LogP contribution is -2.09. The Morgan fingerprint density at radius 2 is 1.81 bits per heavy atom. The third-order valence-electron chi connectivity index (χ3n) is 2.22. The van der Waals surface area contributed by atoms with E-state index in [0.717, 1.165) is 10.7 Å². The number of hydrogen-bond acceptors (Lipinski definition) is 3. The first-order valence-electron chi connectivity index (χ1n) is 6.34. The maximum absolute atomic E-state index is 12.6. The molecule has 0 fully saturated rings. The van der Waals surface area contributed by atoms with Crippen molar-refractivity contribution in [2.45, 2.75) is 40.3 Å². The van der Waals surface area contributed by atoms with Gasteiger partial charge in [-0.1, -0.05) is 20.3 Å². The molecule has 116 valence electrons. The summed E-state index contributed by atoms with van der Waals surface area (Å²) in [5.74, 6) is 0.743. The highest BCUT2D eigenvalue weighted by Crippen LogP contribution is 2.30. The van der Waals surface area contributed by atoms with E-state index in [2.05, 4.69) is 44.8 Å². The smallest absolute Gasteiger partial charge is 0.240 e. The van der Waals surface area contributed by atoms with Crippen LogP contribution in [0.1, 0.15) is 37.5 Å².